The number of aliphatic imine (C=N–C) groups is 1. The number of benzene rings is 1. The largest absolute Gasteiger partial charge is 0.370 e. The number of rotatable bonds is 4. The van der Waals surface area contributed by atoms with Crippen molar-refractivity contribution in [1.29, 1.82) is 0 Å². The van der Waals surface area contributed by atoms with Crippen molar-refractivity contribution in [2.24, 2.45) is 16.5 Å². The first-order chi connectivity index (χ1) is 16.0. The number of hydrogen-bond acceptors (Lipinski definition) is 10. The van der Waals surface area contributed by atoms with Gasteiger partial charge in [-0.05, 0) is 19.1 Å². The third kappa shape index (κ3) is 3.04. The van der Waals surface area contributed by atoms with Gasteiger partial charge in [-0.1, -0.05) is 17.7 Å². The molecule has 4 heterocycles. The summed E-state index contributed by atoms with van der Waals surface area (Å²) < 4.78 is 1.46. The number of likely N-dealkylation sites (tertiary alicyclic amines) is 1. The smallest absolute Gasteiger partial charge is 0.346 e. The standard InChI is InChI=1S/C21H26N8O5/c1-10-3-2-4-11(7-10)17(32)25-13-9-29-19(23)24-12(8-28-14(30)5-6-15(28)31)16-20(29,21(13,33)34)27-18(22)26-16/h2-4,7,12-13,16,33-34H,5-6,8-9H2,1H3,(H6,22,23,24,25,26,27,32)/p+1/t12-,13?,16-,20-/m0/s1. The van der Waals surface area contributed by atoms with E-state index in [1.165, 1.54) is 4.58 Å². The number of hydrogen-bond donors (Lipinski definition) is 7. The van der Waals surface area contributed by atoms with Crippen LogP contribution in [0.25, 0.3) is 0 Å². The summed E-state index contributed by atoms with van der Waals surface area (Å²) in [4.78, 5) is 42.7. The number of nitrogens with zero attached hydrogens (tertiary/aromatic N) is 3. The lowest BCUT2D eigenvalue weighted by molar-refractivity contribution is -0.623. The fraction of sp³-hybridized carbons (Fsp3) is 0.476. The molecule has 4 aliphatic heterocycles. The van der Waals surface area contributed by atoms with Gasteiger partial charge < -0.3 is 26.6 Å². The third-order valence-electron chi connectivity index (χ3n) is 6.99. The van der Waals surface area contributed by atoms with Crippen LogP contribution in [-0.4, -0.2) is 92.0 Å². The summed E-state index contributed by atoms with van der Waals surface area (Å²) in [6.45, 7) is 1.70. The predicted molar refractivity (Wildman–Crippen MR) is 118 cm³/mol. The van der Waals surface area contributed by atoms with Crippen LogP contribution >= 0.6 is 0 Å². The predicted octanol–water partition coefficient (Wildman–Crippen LogP) is -3.78. The van der Waals surface area contributed by atoms with Crippen molar-refractivity contribution >= 4 is 29.6 Å². The molecule has 1 aromatic rings. The Morgan fingerprint density at radius 1 is 1.29 bits per heavy atom. The summed E-state index contributed by atoms with van der Waals surface area (Å²) in [5, 5.41) is 31.5. The number of aliphatic hydroxyl groups is 2. The van der Waals surface area contributed by atoms with Crippen LogP contribution in [0.1, 0.15) is 28.8 Å². The van der Waals surface area contributed by atoms with E-state index in [9.17, 15) is 24.6 Å². The van der Waals surface area contributed by atoms with Crippen LogP contribution < -0.4 is 27.4 Å². The minimum atomic E-state index is -2.58. The Kier molecular flexibility index (Phi) is 4.81. The second-order valence-electron chi connectivity index (χ2n) is 9.12. The average Bonchev–Trinajstić information content (AvgIpc) is 3.36. The van der Waals surface area contributed by atoms with E-state index in [4.69, 9.17) is 11.5 Å². The Balaban J connectivity index is 1.48. The van der Waals surface area contributed by atoms with Gasteiger partial charge in [0.15, 0.2) is 5.96 Å². The van der Waals surface area contributed by atoms with Crippen molar-refractivity contribution in [3.8, 4) is 0 Å². The van der Waals surface area contributed by atoms with Crippen LogP contribution in [0.15, 0.2) is 29.3 Å². The number of carbonyl (C=O) groups is 3. The number of amides is 3. The summed E-state index contributed by atoms with van der Waals surface area (Å²) in [5.74, 6) is -3.70. The van der Waals surface area contributed by atoms with Crippen LogP contribution in [0, 0.1) is 6.92 Å². The molecule has 5 rings (SSSR count). The Morgan fingerprint density at radius 3 is 2.68 bits per heavy atom. The summed E-state index contributed by atoms with van der Waals surface area (Å²) in [6.07, 6.45) is 0.237. The molecule has 13 heteroatoms. The van der Waals surface area contributed by atoms with E-state index in [0.29, 0.717) is 5.56 Å². The summed E-state index contributed by atoms with van der Waals surface area (Å²) in [7, 11) is 0. The summed E-state index contributed by atoms with van der Waals surface area (Å²) in [6, 6.07) is 4.02. The van der Waals surface area contributed by atoms with Gasteiger partial charge >= 0.3 is 5.96 Å². The van der Waals surface area contributed by atoms with E-state index in [1.807, 2.05) is 13.0 Å². The van der Waals surface area contributed by atoms with Crippen LogP contribution in [0.5, 0.6) is 0 Å². The van der Waals surface area contributed by atoms with Crippen molar-refractivity contribution in [3.05, 3.63) is 35.4 Å². The van der Waals surface area contributed by atoms with Gasteiger partial charge in [-0.2, -0.15) is 0 Å². The van der Waals surface area contributed by atoms with Gasteiger partial charge in [-0.3, -0.25) is 30.3 Å². The summed E-state index contributed by atoms with van der Waals surface area (Å²) in [5.41, 5.74) is 11.8. The van der Waals surface area contributed by atoms with Gasteiger partial charge in [0.25, 0.3) is 5.91 Å². The molecule has 4 aliphatic rings. The van der Waals surface area contributed by atoms with Crippen molar-refractivity contribution in [2.75, 3.05) is 13.1 Å². The van der Waals surface area contributed by atoms with Gasteiger partial charge in [-0.15, -0.1) is 0 Å². The molecule has 13 nitrogen and oxygen atoms in total. The molecule has 0 saturated carbocycles. The molecule has 0 radical (unpaired) electrons. The monoisotopic (exact) mass is 471 g/mol. The Hall–Kier alpha value is -3.71. The molecule has 0 bridgehead atoms. The van der Waals surface area contributed by atoms with E-state index in [0.717, 1.165) is 10.5 Å². The lowest BCUT2D eigenvalue weighted by Gasteiger charge is -2.44. The molecule has 4 atom stereocenters. The average molecular weight is 471 g/mol. The molecule has 2 fully saturated rings. The highest BCUT2D eigenvalue weighted by molar-refractivity contribution is 6.02. The normalized spacial score (nSPS) is 31.6. The van der Waals surface area contributed by atoms with E-state index in [-0.39, 0.29) is 49.7 Å². The molecule has 3 amide bonds. The van der Waals surface area contributed by atoms with E-state index in [2.05, 4.69) is 20.9 Å². The maximum Gasteiger partial charge on any atom is 0.346 e. The molecule has 0 aromatic heterocycles. The Labute approximate surface area is 194 Å². The second kappa shape index (κ2) is 7.40. The van der Waals surface area contributed by atoms with E-state index >= 15 is 0 Å². The molecular weight excluding hydrogens is 444 g/mol. The first kappa shape index (κ1) is 22.1. The second-order valence-corrected chi connectivity index (χ2v) is 9.12. The van der Waals surface area contributed by atoms with Crippen molar-refractivity contribution < 1.29 is 29.2 Å². The first-order valence-electron chi connectivity index (χ1n) is 11.0. The van der Waals surface area contributed by atoms with Gasteiger partial charge in [0.1, 0.15) is 18.1 Å². The topological polar surface area (TPSA) is 198 Å². The van der Waals surface area contributed by atoms with Gasteiger partial charge in [0, 0.05) is 18.4 Å². The lowest BCUT2D eigenvalue weighted by Crippen LogP contribution is -2.79. The number of nitrogens with one attached hydrogen (secondary N) is 3. The Morgan fingerprint density at radius 2 is 2.00 bits per heavy atom. The molecule has 180 valence electrons. The van der Waals surface area contributed by atoms with Gasteiger partial charge in [0.05, 0.1) is 13.1 Å². The number of nitrogens with two attached hydrogens (primary N) is 2. The molecule has 0 aliphatic carbocycles. The fourth-order valence-corrected chi connectivity index (χ4v) is 5.36. The highest BCUT2D eigenvalue weighted by Gasteiger charge is 2.75. The molecule has 34 heavy (non-hydrogen) atoms. The zero-order chi connectivity index (χ0) is 24.4. The number of guanidine groups is 2. The lowest BCUT2D eigenvalue weighted by atomic mass is 9.85. The minimum absolute atomic E-state index is 0.0614. The minimum Gasteiger partial charge on any atom is -0.370 e. The quantitative estimate of drug-likeness (QED) is 0.131. The highest BCUT2D eigenvalue weighted by atomic mass is 16.5. The van der Waals surface area contributed by atoms with E-state index in [1.54, 1.807) is 18.2 Å². The zero-order valence-electron chi connectivity index (χ0n) is 18.5. The van der Waals surface area contributed by atoms with Crippen molar-refractivity contribution in [3.63, 3.8) is 0 Å². The maximum atomic E-state index is 12.9. The number of aryl methyl sites for hydroxylation is 1. The van der Waals surface area contributed by atoms with Crippen molar-refractivity contribution in [1.82, 2.24) is 20.9 Å². The van der Waals surface area contributed by atoms with Crippen molar-refractivity contribution in [2.45, 2.75) is 49.3 Å². The van der Waals surface area contributed by atoms with Gasteiger partial charge in [0.2, 0.25) is 23.3 Å². The van der Waals surface area contributed by atoms with E-state index < -0.39 is 35.5 Å². The van der Waals surface area contributed by atoms with Crippen LogP contribution in [-0.2, 0) is 9.59 Å². The molecule has 1 aromatic carbocycles. The highest BCUT2D eigenvalue weighted by Crippen LogP contribution is 2.41. The SMILES string of the molecule is Cc1cccc(C(=O)NC2C[N+]3=C(N)N[C@@H](CN4C(=O)CCC4=O)[C@@H]4N=C(N)N[C@@]43C2(O)O)c1. The molecule has 9 N–H and O–H groups in total. The van der Waals surface area contributed by atoms with Gasteiger partial charge in [-0.25, -0.2) is 9.57 Å². The summed E-state index contributed by atoms with van der Waals surface area (Å²) >= 11 is 0. The Bertz CT molecular complexity index is 1150. The molecular formula is C21H27N8O5+. The fourth-order valence-electron chi connectivity index (χ4n) is 5.36. The first-order valence-corrected chi connectivity index (χ1v) is 11.0. The molecule has 1 unspecified atom stereocenters. The van der Waals surface area contributed by atoms with Crippen LogP contribution in [0.4, 0.5) is 0 Å². The molecule has 1 spiro atoms. The zero-order valence-corrected chi connectivity index (χ0v) is 18.5. The number of imide groups is 1. The van der Waals surface area contributed by atoms with Crippen LogP contribution in [0.2, 0.25) is 0 Å². The third-order valence-corrected chi connectivity index (χ3v) is 6.99. The van der Waals surface area contributed by atoms with Crippen LogP contribution in [0.3, 0.4) is 0 Å². The maximum absolute atomic E-state index is 12.9. The molecule has 2 saturated heterocycles. The number of carbonyl (C=O) groups excluding carboxylic acids is 3.